The first kappa shape index (κ1) is 14.1. The predicted octanol–water partition coefficient (Wildman–Crippen LogP) is 3.91. The second kappa shape index (κ2) is 5.96. The molecule has 0 saturated heterocycles. The largest absolute Gasteiger partial charge is 0.457 e. The maximum absolute atomic E-state index is 12.6. The van der Waals surface area contributed by atoms with Gasteiger partial charge in [-0.05, 0) is 48.5 Å². The van der Waals surface area contributed by atoms with Crippen molar-refractivity contribution in [2.24, 2.45) is 0 Å². The van der Waals surface area contributed by atoms with Gasteiger partial charge >= 0.3 is 0 Å². The minimum atomic E-state index is -0.227. The summed E-state index contributed by atoms with van der Waals surface area (Å²) in [6.45, 7) is 0. The van der Waals surface area contributed by atoms with Crippen molar-refractivity contribution < 1.29 is 9.53 Å². The van der Waals surface area contributed by atoms with Crippen molar-refractivity contribution >= 4 is 16.9 Å². The van der Waals surface area contributed by atoms with Crippen LogP contribution in [0.3, 0.4) is 0 Å². The second-order valence-electron chi connectivity index (χ2n) is 5.23. The molecule has 5 heteroatoms. The van der Waals surface area contributed by atoms with Crippen LogP contribution < -0.4 is 4.74 Å². The monoisotopic (exact) mass is 315 g/mol. The molecule has 0 aliphatic carbocycles. The van der Waals surface area contributed by atoms with E-state index in [4.69, 9.17) is 4.74 Å². The molecule has 0 atom stereocenters. The van der Waals surface area contributed by atoms with E-state index in [9.17, 15) is 4.79 Å². The molecule has 1 aromatic heterocycles. The number of ether oxygens (including phenoxy) is 1. The van der Waals surface area contributed by atoms with Gasteiger partial charge in [-0.2, -0.15) is 4.68 Å². The number of carbonyl (C=O) groups excluding carboxylic acids is 1. The zero-order valence-corrected chi connectivity index (χ0v) is 12.7. The Morgan fingerprint density at radius 2 is 1.46 bits per heavy atom. The Balaban J connectivity index is 1.59. The first-order valence-electron chi connectivity index (χ1n) is 7.49. The van der Waals surface area contributed by atoms with E-state index in [-0.39, 0.29) is 5.91 Å². The highest BCUT2D eigenvalue weighted by atomic mass is 16.5. The Hall–Kier alpha value is -3.47. The fraction of sp³-hybridized carbons (Fsp3) is 0. The Morgan fingerprint density at radius 1 is 0.792 bits per heavy atom. The quantitative estimate of drug-likeness (QED) is 0.575. The van der Waals surface area contributed by atoms with Crippen LogP contribution in [0.2, 0.25) is 0 Å². The summed E-state index contributed by atoms with van der Waals surface area (Å²) < 4.78 is 7.04. The van der Waals surface area contributed by atoms with Crippen molar-refractivity contribution in [1.29, 1.82) is 0 Å². The van der Waals surface area contributed by atoms with Gasteiger partial charge in [0.05, 0.1) is 5.52 Å². The summed E-state index contributed by atoms with van der Waals surface area (Å²) >= 11 is 0. The normalized spacial score (nSPS) is 10.7. The van der Waals surface area contributed by atoms with Crippen LogP contribution in [-0.4, -0.2) is 20.9 Å². The van der Waals surface area contributed by atoms with Gasteiger partial charge < -0.3 is 4.74 Å². The summed E-state index contributed by atoms with van der Waals surface area (Å²) in [5.74, 6) is 1.19. The minimum Gasteiger partial charge on any atom is -0.457 e. The number of aromatic nitrogens is 3. The van der Waals surface area contributed by atoms with Gasteiger partial charge in [-0.1, -0.05) is 35.5 Å². The zero-order valence-electron chi connectivity index (χ0n) is 12.7. The summed E-state index contributed by atoms with van der Waals surface area (Å²) in [6, 6.07) is 23.8. The van der Waals surface area contributed by atoms with Crippen LogP contribution >= 0.6 is 0 Å². The van der Waals surface area contributed by atoms with Gasteiger partial charge in [-0.15, -0.1) is 5.10 Å². The number of para-hydroxylation sites is 2. The van der Waals surface area contributed by atoms with Gasteiger partial charge in [0.25, 0.3) is 5.91 Å². The van der Waals surface area contributed by atoms with Gasteiger partial charge in [0.1, 0.15) is 17.0 Å². The van der Waals surface area contributed by atoms with Crippen LogP contribution in [-0.2, 0) is 0 Å². The number of rotatable bonds is 3. The van der Waals surface area contributed by atoms with Crippen LogP contribution in [0.25, 0.3) is 11.0 Å². The van der Waals surface area contributed by atoms with Crippen LogP contribution in [0.5, 0.6) is 11.5 Å². The van der Waals surface area contributed by atoms with E-state index in [1.165, 1.54) is 4.68 Å². The van der Waals surface area contributed by atoms with Crippen LogP contribution in [0.15, 0.2) is 78.9 Å². The van der Waals surface area contributed by atoms with Gasteiger partial charge in [-0.25, -0.2) is 0 Å². The highest BCUT2D eigenvalue weighted by Gasteiger charge is 2.13. The topological polar surface area (TPSA) is 57.0 Å². The van der Waals surface area contributed by atoms with Crippen LogP contribution in [0.1, 0.15) is 10.4 Å². The number of carbonyl (C=O) groups is 1. The number of benzene rings is 3. The molecule has 4 rings (SSSR count). The molecule has 0 N–H and O–H groups in total. The molecule has 24 heavy (non-hydrogen) atoms. The molecule has 116 valence electrons. The summed E-state index contributed by atoms with van der Waals surface area (Å²) in [6.07, 6.45) is 0. The van der Waals surface area contributed by atoms with E-state index in [0.717, 1.165) is 5.75 Å². The molecule has 0 amide bonds. The molecule has 0 unspecified atom stereocenters. The lowest BCUT2D eigenvalue weighted by Crippen LogP contribution is -2.13. The molecule has 0 fully saturated rings. The standard InChI is InChI=1S/C19H13N3O2/c23-19(22-18-9-5-4-8-17(18)20-21-22)14-10-12-16(13-11-14)24-15-6-2-1-3-7-15/h1-13H. The highest BCUT2D eigenvalue weighted by molar-refractivity contribution is 6.00. The SMILES string of the molecule is O=C(c1ccc(Oc2ccccc2)cc1)n1nnc2ccccc21. The van der Waals surface area contributed by atoms with Gasteiger partial charge in [-0.3, -0.25) is 4.79 Å². The molecule has 4 aromatic rings. The third-order valence-corrected chi connectivity index (χ3v) is 3.62. The summed E-state index contributed by atoms with van der Waals surface area (Å²) in [5.41, 5.74) is 1.90. The molecule has 0 spiro atoms. The third-order valence-electron chi connectivity index (χ3n) is 3.62. The Labute approximate surface area is 138 Å². The van der Waals surface area contributed by atoms with E-state index in [1.807, 2.05) is 54.6 Å². The van der Waals surface area contributed by atoms with Crippen molar-refractivity contribution in [3.63, 3.8) is 0 Å². The molecule has 0 saturated carbocycles. The van der Waals surface area contributed by atoms with Gasteiger partial charge in [0, 0.05) is 5.56 Å². The first-order valence-corrected chi connectivity index (χ1v) is 7.49. The smallest absolute Gasteiger partial charge is 0.280 e. The summed E-state index contributed by atoms with van der Waals surface area (Å²) in [5, 5.41) is 7.95. The summed E-state index contributed by atoms with van der Waals surface area (Å²) in [4.78, 5) is 12.6. The van der Waals surface area contributed by atoms with Crippen LogP contribution in [0, 0.1) is 0 Å². The number of nitrogens with zero attached hydrogens (tertiary/aromatic N) is 3. The first-order chi connectivity index (χ1) is 11.8. The number of hydrogen-bond acceptors (Lipinski definition) is 4. The lowest BCUT2D eigenvalue weighted by atomic mass is 10.2. The van der Waals surface area contributed by atoms with Gasteiger partial charge in [0.15, 0.2) is 0 Å². The Kier molecular flexibility index (Phi) is 3.51. The maximum Gasteiger partial charge on any atom is 0.280 e. The van der Waals surface area contributed by atoms with E-state index < -0.39 is 0 Å². The number of hydrogen-bond donors (Lipinski definition) is 0. The van der Waals surface area contributed by atoms with Crippen molar-refractivity contribution in [2.45, 2.75) is 0 Å². The highest BCUT2D eigenvalue weighted by Crippen LogP contribution is 2.21. The zero-order chi connectivity index (χ0) is 16.4. The maximum atomic E-state index is 12.6. The predicted molar refractivity (Wildman–Crippen MR) is 90.2 cm³/mol. The fourth-order valence-corrected chi connectivity index (χ4v) is 2.43. The lowest BCUT2D eigenvalue weighted by molar-refractivity contribution is 0.0948. The van der Waals surface area contributed by atoms with E-state index >= 15 is 0 Å². The third kappa shape index (κ3) is 2.63. The molecule has 0 aliphatic rings. The van der Waals surface area contributed by atoms with E-state index in [1.54, 1.807) is 24.3 Å². The fourth-order valence-electron chi connectivity index (χ4n) is 2.43. The summed E-state index contributed by atoms with van der Waals surface area (Å²) in [7, 11) is 0. The Bertz CT molecular complexity index is 992. The average molecular weight is 315 g/mol. The van der Waals surface area contributed by atoms with Crippen molar-refractivity contribution in [2.75, 3.05) is 0 Å². The lowest BCUT2D eigenvalue weighted by Gasteiger charge is -2.06. The van der Waals surface area contributed by atoms with Crippen LogP contribution in [0.4, 0.5) is 0 Å². The van der Waals surface area contributed by atoms with Crippen molar-refractivity contribution in [3.05, 3.63) is 84.4 Å². The van der Waals surface area contributed by atoms with Crippen molar-refractivity contribution in [3.8, 4) is 11.5 Å². The molecule has 5 nitrogen and oxygen atoms in total. The van der Waals surface area contributed by atoms with Gasteiger partial charge in [0.2, 0.25) is 0 Å². The average Bonchev–Trinajstić information content (AvgIpc) is 3.07. The molecule has 0 aliphatic heterocycles. The Morgan fingerprint density at radius 3 is 2.25 bits per heavy atom. The van der Waals surface area contributed by atoms with E-state index in [0.29, 0.717) is 22.3 Å². The molecule has 0 bridgehead atoms. The van der Waals surface area contributed by atoms with Crippen molar-refractivity contribution in [1.82, 2.24) is 15.0 Å². The molecule has 3 aromatic carbocycles. The van der Waals surface area contributed by atoms with E-state index in [2.05, 4.69) is 10.3 Å². The molecular weight excluding hydrogens is 302 g/mol. The number of fused-ring (bicyclic) bond motifs is 1. The second-order valence-corrected chi connectivity index (χ2v) is 5.23. The molecule has 0 radical (unpaired) electrons. The minimum absolute atomic E-state index is 0.227. The molecule has 1 heterocycles. The molecular formula is C19H13N3O2.